The summed E-state index contributed by atoms with van der Waals surface area (Å²) in [6.07, 6.45) is 1.07. The van der Waals surface area contributed by atoms with Crippen LogP contribution < -0.4 is 16.6 Å². The van der Waals surface area contributed by atoms with Crippen LogP contribution in [0.3, 0.4) is 0 Å². The van der Waals surface area contributed by atoms with E-state index in [4.69, 9.17) is 5.84 Å². The van der Waals surface area contributed by atoms with Crippen molar-refractivity contribution in [3.63, 3.8) is 0 Å². The van der Waals surface area contributed by atoms with Crippen LogP contribution in [0.15, 0.2) is 0 Å². The van der Waals surface area contributed by atoms with Crippen LogP contribution in [-0.4, -0.2) is 41.0 Å². The number of hydrogen-bond acceptors (Lipinski definition) is 6. The molecular formula is C15H30N6. The van der Waals surface area contributed by atoms with Gasteiger partial charge in [0.15, 0.2) is 0 Å². The van der Waals surface area contributed by atoms with Crippen LogP contribution in [0, 0.1) is 6.92 Å². The quantitative estimate of drug-likeness (QED) is 0.388. The van der Waals surface area contributed by atoms with Crippen molar-refractivity contribution in [2.24, 2.45) is 5.84 Å². The summed E-state index contributed by atoms with van der Waals surface area (Å²) < 4.78 is 0. The van der Waals surface area contributed by atoms with Crippen LogP contribution in [-0.2, 0) is 0 Å². The Kier molecular flexibility index (Phi) is 6.84. The molecular weight excluding hydrogens is 264 g/mol. The monoisotopic (exact) mass is 294 g/mol. The average Bonchev–Trinajstić information content (AvgIpc) is 2.44. The lowest BCUT2D eigenvalue weighted by Crippen LogP contribution is -2.28. The summed E-state index contributed by atoms with van der Waals surface area (Å²) >= 11 is 0. The Morgan fingerprint density at radius 2 is 1.76 bits per heavy atom. The van der Waals surface area contributed by atoms with E-state index < -0.39 is 0 Å². The van der Waals surface area contributed by atoms with Crippen LogP contribution >= 0.6 is 0 Å². The molecule has 6 nitrogen and oxygen atoms in total. The molecule has 0 bridgehead atoms. The lowest BCUT2D eigenvalue weighted by atomic mass is 10.2. The second-order valence-corrected chi connectivity index (χ2v) is 6.06. The van der Waals surface area contributed by atoms with Crippen molar-refractivity contribution in [1.29, 1.82) is 0 Å². The van der Waals surface area contributed by atoms with Gasteiger partial charge >= 0.3 is 0 Å². The Labute approximate surface area is 128 Å². The zero-order valence-electron chi connectivity index (χ0n) is 14.2. The second kappa shape index (κ2) is 8.14. The minimum Gasteiger partial charge on any atom is -0.370 e. The number of rotatable bonds is 8. The summed E-state index contributed by atoms with van der Waals surface area (Å²) in [5.74, 6) is 8.17. The lowest BCUT2D eigenvalue weighted by molar-refractivity contribution is 0.273. The number of anilines is 2. The highest BCUT2D eigenvalue weighted by Crippen LogP contribution is 2.22. The zero-order chi connectivity index (χ0) is 16.0. The first-order valence-corrected chi connectivity index (χ1v) is 7.66. The minimum atomic E-state index is 0.269. The highest BCUT2D eigenvalue weighted by Gasteiger charge is 2.12. The van der Waals surface area contributed by atoms with E-state index in [0.29, 0.717) is 11.9 Å². The van der Waals surface area contributed by atoms with Gasteiger partial charge in [0.1, 0.15) is 17.5 Å². The van der Waals surface area contributed by atoms with Crippen LogP contribution in [0.2, 0.25) is 0 Å². The highest BCUT2D eigenvalue weighted by molar-refractivity contribution is 5.56. The van der Waals surface area contributed by atoms with Crippen molar-refractivity contribution in [1.82, 2.24) is 14.9 Å². The first kappa shape index (κ1) is 17.7. The van der Waals surface area contributed by atoms with Gasteiger partial charge in [0.2, 0.25) is 0 Å². The molecule has 0 atom stereocenters. The summed E-state index contributed by atoms with van der Waals surface area (Å²) in [4.78, 5) is 11.4. The standard InChI is InChI=1S/C15H30N6/c1-10(2)13-18-14(12(5)15(19-13)20-16)17-8-7-9-21(6)11(3)4/h10-11H,7-9,16H2,1-6H3,(H2,17,18,19,20). The van der Waals surface area contributed by atoms with E-state index in [-0.39, 0.29) is 5.92 Å². The number of hydrazine groups is 1. The maximum absolute atomic E-state index is 5.54. The van der Waals surface area contributed by atoms with Crippen molar-refractivity contribution in [3.05, 3.63) is 11.4 Å². The molecule has 0 saturated heterocycles. The predicted molar refractivity (Wildman–Crippen MR) is 89.5 cm³/mol. The van der Waals surface area contributed by atoms with Crippen molar-refractivity contribution < 1.29 is 0 Å². The molecule has 120 valence electrons. The topological polar surface area (TPSA) is 79.1 Å². The molecule has 0 aromatic carbocycles. The van der Waals surface area contributed by atoms with Crippen molar-refractivity contribution in [2.75, 3.05) is 30.9 Å². The molecule has 0 unspecified atom stereocenters. The van der Waals surface area contributed by atoms with E-state index in [9.17, 15) is 0 Å². The number of nitrogen functional groups attached to an aromatic ring is 1. The van der Waals surface area contributed by atoms with Gasteiger partial charge in [0.05, 0.1) is 0 Å². The molecule has 0 radical (unpaired) electrons. The van der Waals surface area contributed by atoms with E-state index in [1.54, 1.807) is 0 Å². The van der Waals surface area contributed by atoms with Gasteiger partial charge in [-0.2, -0.15) is 0 Å². The third-order valence-electron chi connectivity index (χ3n) is 3.68. The summed E-state index contributed by atoms with van der Waals surface area (Å²) in [6, 6.07) is 0.575. The number of aromatic nitrogens is 2. The fourth-order valence-corrected chi connectivity index (χ4v) is 1.90. The Balaban J connectivity index is 2.67. The molecule has 0 aliphatic heterocycles. The van der Waals surface area contributed by atoms with Crippen molar-refractivity contribution >= 4 is 11.6 Å². The van der Waals surface area contributed by atoms with E-state index in [1.165, 1.54) is 0 Å². The molecule has 0 aliphatic carbocycles. The van der Waals surface area contributed by atoms with Gasteiger partial charge in [-0.1, -0.05) is 13.8 Å². The van der Waals surface area contributed by atoms with Crippen LogP contribution in [0.4, 0.5) is 11.6 Å². The van der Waals surface area contributed by atoms with Gasteiger partial charge < -0.3 is 15.6 Å². The van der Waals surface area contributed by atoms with Crippen LogP contribution in [0.5, 0.6) is 0 Å². The van der Waals surface area contributed by atoms with E-state index in [1.807, 2.05) is 6.92 Å². The molecule has 0 spiro atoms. The van der Waals surface area contributed by atoms with Crippen molar-refractivity contribution in [3.8, 4) is 0 Å². The molecule has 1 aromatic rings. The summed E-state index contributed by atoms with van der Waals surface area (Å²) in [5.41, 5.74) is 3.61. The van der Waals surface area contributed by atoms with Gasteiger partial charge in [0.25, 0.3) is 0 Å². The molecule has 0 fully saturated rings. The normalized spacial score (nSPS) is 11.5. The van der Waals surface area contributed by atoms with Crippen LogP contribution in [0.25, 0.3) is 0 Å². The fraction of sp³-hybridized carbons (Fsp3) is 0.733. The van der Waals surface area contributed by atoms with E-state index in [0.717, 1.165) is 36.7 Å². The smallest absolute Gasteiger partial charge is 0.148 e. The first-order valence-electron chi connectivity index (χ1n) is 7.66. The SMILES string of the molecule is Cc1c(NN)nc(C(C)C)nc1NCCCN(C)C(C)C. The number of nitrogens with two attached hydrogens (primary N) is 1. The largest absolute Gasteiger partial charge is 0.370 e. The Bertz CT molecular complexity index is 444. The third-order valence-corrected chi connectivity index (χ3v) is 3.68. The maximum atomic E-state index is 5.54. The number of nitrogens with zero attached hydrogens (tertiary/aromatic N) is 3. The lowest BCUT2D eigenvalue weighted by Gasteiger charge is -2.21. The fourth-order valence-electron chi connectivity index (χ4n) is 1.90. The molecule has 1 aromatic heterocycles. The third kappa shape index (κ3) is 5.13. The van der Waals surface area contributed by atoms with E-state index in [2.05, 4.69) is 60.4 Å². The van der Waals surface area contributed by atoms with Crippen LogP contribution in [0.1, 0.15) is 51.4 Å². The Hall–Kier alpha value is -1.40. The highest BCUT2D eigenvalue weighted by atomic mass is 15.3. The predicted octanol–water partition coefficient (Wildman–Crippen LogP) is 2.34. The molecule has 6 heteroatoms. The Morgan fingerprint density at radius 3 is 2.29 bits per heavy atom. The minimum absolute atomic E-state index is 0.269. The molecule has 0 aliphatic rings. The molecule has 1 rings (SSSR count). The molecule has 1 heterocycles. The van der Waals surface area contributed by atoms with Gasteiger partial charge in [-0.05, 0) is 40.8 Å². The summed E-state index contributed by atoms with van der Waals surface area (Å²) in [5, 5.41) is 3.40. The number of nitrogens with one attached hydrogen (secondary N) is 2. The van der Waals surface area contributed by atoms with Gasteiger partial charge in [-0.25, -0.2) is 15.8 Å². The Morgan fingerprint density at radius 1 is 1.14 bits per heavy atom. The average molecular weight is 294 g/mol. The molecule has 0 saturated carbocycles. The summed E-state index contributed by atoms with van der Waals surface area (Å²) in [6.45, 7) is 12.5. The molecule has 21 heavy (non-hydrogen) atoms. The maximum Gasteiger partial charge on any atom is 0.148 e. The van der Waals surface area contributed by atoms with Gasteiger partial charge in [0, 0.05) is 24.1 Å². The van der Waals surface area contributed by atoms with Gasteiger partial charge in [-0.15, -0.1) is 0 Å². The van der Waals surface area contributed by atoms with E-state index >= 15 is 0 Å². The second-order valence-electron chi connectivity index (χ2n) is 6.06. The van der Waals surface area contributed by atoms with Crippen molar-refractivity contribution in [2.45, 2.75) is 53.0 Å². The number of hydrogen-bond donors (Lipinski definition) is 3. The zero-order valence-corrected chi connectivity index (χ0v) is 14.2. The summed E-state index contributed by atoms with van der Waals surface area (Å²) in [7, 11) is 2.15. The first-order chi connectivity index (χ1) is 9.86. The molecule has 4 N–H and O–H groups in total. The van der Waals surface area contributed by atoms with Gasteiger partial charge in [-0.3, -0.25) is 0 Å². The molecule has 0 amide bonds.